The summed E-state index contributed by atoms with van der Waals surface area (Å²) in [6, 6.07) is 5.18. The van der Waals surface area contributed by atoms with Crippen molar-refractivity contribution in [3.8, 4) is 0 Å². The van der Waals surface area contributed by atoms with Gasteiger partial charge < -0.3 is 20.9 Å². The standard InChI is InChI=1S/C22H33N5O3/c1-2-26(12-4-10-23)13-5-11-24-14-16-6-3-7-17-18(16)15-27(22(17)30)19-8-9-20(28)25-21(19)29/h3,6-7,19,24H,2,4-5,8-15,23H2,1H3,(H,25,28,29). The number of fused-ring (bicyclic) bond motifs is 1. The van der Waals surface area contributed by atoms with E-state index >= 15 is 0 Å². The number of hydrogen-bond acceptors (Lipinski definition) is 6. The lowest BCUT2D eigenvalue weighted by Gasteiger charge is -2.29. The minimum atomic E-state index is -0.572. The summed E-state index contributed by atoms with van der Waals surface area (Å²) in [5.41, 5.74) is 8.33. The molecule has 0 aliphatic carbocycles. The van der Waals surface area contributed by atoms with Gasteiger partial charge in [-0.2, -0.15) is 0 Å². The second-order valence-electron chi connectivity index (χ2n) is 7.95. The number of hydrogen-bond donors (Lipinski definition) is 3. The molecule has 30 heavy (non-hydrogen) atoms. The van der Waals surface area contributed by atoms with Gasteiger partial charge >= 0.3 is 0 Å². The zero-order chi connectivity index (χ0) is 21.5. The highest BCUT2D eigenvalue weighted by atomic mass is 16.2. The third-order valence-corrected chi connectivity index (χ3v) is 5.95. The fraction of sp³-hybridized carbons (Fsp3) is 0.591. The van der Waals surface area contributed by atoms with Gasteiger partial charge in [0.15, 0.2) is 0 Å². The van der Waals surface area contributed by atoms with Crippen LogP contribution in [0.25, 0.3) is 0 Å². The molecule has 1 unspecified atom stereocenters. The quantitative estimate of drug-likeness (QED) is 0.361. The zero-order valence-electron chi connectivity index (χ0n) is 17.8. The average Bonchev–Trinajstić information content (AvgIpc) is 3.07. The molecule has 0 saturated carbocycles. The van der Waals surface area contributed by atoms with Gasteiger partial charge in [-0.15, -0.1) is 0 Å². The van der Waals surface area contributed by atoms with Crippen molar-refractivity contribution in [1.82, 2.24) is 20.4 Å². The minimum Gasteiger partial charge on any atom is -0.330 e. The summed E-state index contributed by atoms with van der Waals surface area (Å²) < 4.78 is 0. The van der Waals surface area contributed by atoms with Crippen LogP contribution >= 0.6 is 0 Å². The molecule has 1 aromatic rings. The van der Waals surface area contributed by atoms with Crippen molar-refractivity contribution in [2.45, 2.75) is 51.7 Å². The molecule has 0 aromatic heterocycles. The van der Waals surface area contributed by atoms with Gasteiger partial charge in [0.25, 0.3) is 5.91 Å². The summed E-state index contributed by atoms with van der Waals surface area (Å²) in [4.78, 5) is 40.5. The topological polar surface area (TPSA) is 108 Å². The van der Waals surface area contributed by atoms with E-state index in [1.165, 1.54) is 0 Å². The van der Waals surface area contributed by atoms with Crippen molar-refractivity contribution in [2.24, 2.45) is 5.73 Å². The molecule has 8 nitrogen and oxygen atoms in total. The Morgan fingerprint density at radius 2 is 2.03 bits per heavy atom. The molecule has 2 heterocycles. The number of carbonyl (C=O) groups is 3. The van der Waals surface area contributed by atoms with E-state index in [4.69, 9.17) is 5.73 Å². The van der Waals surface area contributed by atoms with Crippen LogP contribution in [-0.4, -0.2) is 66.3 Å². The van der Waals surface area contributed by atoms with Crippen LogP contribution in [0.4, 0.5) is 0 Å². The predicted octanol–water partition coefficient (Wildman–Crippen LogP) is 0.598. The normalized spacial score (nSPS) is 18.8. The lowest BCUT2D eigenvalue weighted by Crippen LogP contribution is -2.52. The third-order valence-electron chi connectivity index (χ3n) is 5.95. The lowest BCUT2D eigenvalue weighted by molar-refractivity contribution is -0.136. The van der Waals surface area contributed by atoms with Crippen LogP contribution in [0, 0.1) is 0 Å². The van der Waals surface area contributed by atoms with Gasteiger partial charge in [0.05, 0.1) is 0 Å². The molecule has 1 aromatic carbocycles. The van der Waals surface area contributed by atoms with E-state index in [1.807, 2.05) is 18.2 Å². The van der Waals surface area contributed by atoms with Crippen LogP contribution in [0.15, 0.2) is 18.2 Å². The highest BCUT2D eigenvalue weighted by Gasteiger charge is 2.39. The largest absolute Gasteiger partial charge is 0.330 e. The number of rotatable bonds is 11. The molecule has 0 radical (unpaired) electrons. The summed E-state index contributed by atoms with van der Waals surface area (Å²) in [5, 5.41) is 5.83. The Morgan fingerprint density at radius 3 is 2.77 bits per heavy atom. The molecule has 3 amide bonds. The monoisotopic (exact) mass is 415 g/mol. The molecule has 4 N–H and O–H groups in total. The van der Waals surface area contributed by atoms with Gasteiger partial charge in [0.1, 0.15) is 6.04 Å². The van der Waals surface area contributed by atoms with E-state index in [0.717, 1.165) is 56.7 Å². The molecule has 8 heteroatoms. The summed E-state index contributed by atoms with van der Waals surface area (Å²) in [6.07, 6.45) is 2.73. The fourth-order valence-corrected chi connectivity index (χ4v) is 4.21. The Balaban J connectivity index is 1.53. The van der Waals surface area contributed by atoms with Crippen molar-refractivity contribution in [3.63, 3.8) is 0 Å². The van der Waals surface area contributed by atoms with E-state index in [2.05, 4.69) is 22.5 Å². The van der Waals surface area contributed by atoms with Crippen molar-refractivity contribution in [2.75, 3.05) is 32.7 Å². The molecule has 0 spiro atoms. The molecule has 3 rings (SSSR count). The number of nitrogens with zero attached hydrogens (tertiary/aromatic N) is 2. The molecule has 1 fully saturated rings. The Hall–Kier alpha value is -2.29. The summed E-state index contributed by atoms with van der Waals surface area (Å²) >= 11 is 0. The first-order chi connectivity index (χ1) is 14.5. The maximum atomic E-state index is 12.9. The van der Waals surface area contributed by atoms with Crippen LogP contribution in [0.5, 0.6) is 0 Å². The first-order valence-corrected chi connectivity index (χ1v) is 10.9. The average molecular weight is 416 g/mol. The van der Waals surface area contributed by atoms with Gasteiger partial charge in [-0.25, -0.2) is 0 Å². The van der Waals surface area contributed by atoms with E-state index in [1.54, 1.807) is 4.90 Å². The van der Waals surface area contributed by atoms with Crippen LogP contribution in [0.3, 0.4) is 0 Å². The number of piperidine rings is 1. The molecule has 2 aliphatic rings. The Kier molecular flexibility index (Phi) is 7.95. The number of carbonyl (C=O) groups excluding carboxylic acids is 3. The summed E-state index contributed by atoms with van der Waals surface area (Å²) in [6.45, 7) is 8.01. The smallest absolute Gasteiger partial charge is 0.255 e. The van der Waals surface area contributed by atoms with Gasteiger partial charge in [-0.05, 0) is 69.2 Å². The first kappa shape index (κ1) is 22.4. The number of imide groups is 1. The number of nitrogens with two attached hydrogens (primary N) is 1. The maximum Gasteiger partial charge on any atom is 0.255 e. The van der Waals surface area contributed by atoms with Crippen LogP contribution in [-0.2, 0) is 22.7 Å². The van der Waals surface area contributed by atoms with Crippen LogP contribution in [0.1, 0.15) is 54.1 Å². The SMILES string of the molecule is CCN(CCCN)CCCNCc1cccc2c1CN(C1CCC(=O)NC1=O)C2=O. The van der Waals surface area contributed by atoms with Gasteiger partial charge in [0, 0.05) is 25.1 Å². The molecule has 0 bridgehead atoms. The molecular weight excluding hydrogens is 382 g/mol. The zero-order valence-corrected chi connectivity index (χ0v) is 17.8. The summed E-state index contributed by atoms with van der Waals surface area (Å²) in [5.74, 6) is -0.767. The summed E-state index contributed by atoms with van der Waals surface area (Å²) in [7, 11) is 0. The van der Waals surface area contributed by atoms with Crippen molar-refractivity contribution in [3.05, 3.63) is 34.9 Å². The van der Waals surface area contributed by atoms with Crippen LogP contribution < -0.4 is 16.4 Å². The molecule has 1 saturated heterocycles. The van der Waals surface area contributed by atoms with Crippen molar-refractivity contribution >= 4 is 17.7 Å². The van der Waals surface area contributed by atoms with Gasteiger partial charge in [-0.3, -0.25) is 19.7 Å². The lowest BCUT2D eigenvalue weighted by atomic mass is 10.0. The Morgan fingerprint density at radius 1 is 1.23 bits per heavy atom. The number of amides is 3. The third kappa shape index (κ3) is 5.24. The van der Waals surface area contributed by atoms with Crippen molar-refractivity contribution < 1.29 is 14.4 Å². The first-order valence-electron chi connectivity index (χ1n) is 10.9. The van der Waals surface area contributed by atoms with Gasteiger partial charge in [0.2, 0.25) is 11.8 Å². The fourth-order valence-electron chi connectivity index (χ4n) is 4.21. The maximum absolute atomic E-state index is 12.9. The highest BCUT2D eigenvalue weighted by Crippen LogP contribution is 2.29. The Bertz CT molecular complexity index is 782. The van der Waals surface area contributed by atoms with Gasteiger partial charge in [-0.1, -0.05) is 19.1 Å². The molecule has 164 valence electrons. The van der Waals surface area contributed by atoms with Crippen molar-refractivity contribution in [1.29, 1.82) is 0 Å². The van der Waals surface area contributed by atoms with E-state index < -0.39 is 6.04 Å². The number of nitrogens with one attached hydrogen (secondary N) is 2. The predicted molar refractivity (Wildman–Crippen MR) is 115 cm³/mol. The number of benzene rings is 1. The molecule has 1 atom stereocenters. The highest BCUT2D eigenvalue weighted by molar-refractivity contribution is 6.05. The Labute approximate surface area is 178 Å². The molecular formula is C22H33N5O3. The minimum absolute atomic E-state index is 0.125. The van der Waals surface area contributed by atoms with E-state index in [0.29, 0.717) is 25.1 Å². The molecule has 2 aliphatic heterocycles. The van der Waals surface area contributed by atoms with Crippen LogP contribution in [0.2, 0.25) is 0 Å². The van der Waals surface area contributed by atoms with E-state index in [-0.39, 0.29) is 24.1 Å². The second-order valence-corrected chi connectivity index (χ2v) is 7.95. The second kappa shape index (κ2) is 10.7. The van der Waals surface area contributed by atoms with E-state index in [9.17, 15) is 14.4 Å².